The summed E-state index contributed by atoms with van der Waals surface area (Å²) in [4.78, 5) is 55.4. The number of amides is 2. The van der Waals surface area contributed by atoms with Crippen LogP contribution < -0.4 is 9.80 Å². The van der Waals surface area contributed by atoms with Crippen molar-refractivity contribution >= 4 is 40.7 Å². The summed E-state index contributed by atoms with van der Waals surface area (Å²) in [6, 6.07) is 14.7. The van der Waals surface area contributed by atoms with Crippen LogP contribution in [0.1, 0.15) is 38.8 Å². The van der Waals surface area contributed by atoms with Crippen LogP contribution >= 0.6 is 0 Å². The molecule has 2 aromatic heterocycles. The van der Waals surface area contributed by atoms with Crippen LogP contribution in [0.3, 0.4) is 0 Å². The minimum atomic E-state index is -0.442. The Morgan fingerprint density at radius 3 is 2.20 bits per heavy atom. The Labute approximate surface area is 199 Å². The Morgan fingerprint density at radius 2 is 1.54 bits per heavy atom. The van der Waals surface area contributed by atoms with Gasteiger partial charge in [-0.15, -0.1) is 0 Å². The predicted octanol–water partition coefficient (Wildman–Crippen LogP) is 2.71. The topological polar surface area (TPSA) is 111 Å². The van der Waals surface area contributed by atoms with Crippen molar-refractivity contribution in [3.05, 3.63) is 77.1 Å². The van der Waals surface area contributed by atoms with Gasteiger partial charge in [-0.1, -0.05) is 36.4 Å². The smallest absolute Gasteiger partial charge is 0.326 e. The van der Waals surface area contributed by atoms with E-state index in [0.717, 1.165) is 11.1 Å². The Hall–Kier alpha value is -4.60. The van der Waals surface area contributed by atoms with Gasteiger partial charge in [-0.3, -0.25) is 24.2 Å². The molecule has 10 heteroatoms. The molecule has 4 heterocycles. The summed E-state index contributed by atoms with van der Waals surface area (Å²) in [6.07, 6.45) is 1.47. The lowest BCUT2D eigenvalue weighted by Crippen LogP contribution is -2.29. The molecule has 4 aromatic rings. The molecule has 2 aliphatic rings. The molecule has 0 radical (unpaired) electrons. The molecule has 0 aliphatic carbocycles. The van der Waals surface area contributed by atoms with Gasteiger partial charge in [0.15, 0.2) is 17.0 Å². The van der Waals surface area contributed by atoms with Gasteiger partial charge in [0.2, 0.25) is 5.95 Å². The zero-order valence-electron chi connectivity index (χ0n) is 18.8. The average molecular weight is 468 g/mol. The number of carbonyl (C=O) groups is 3. The van der Waals surface area contributed by atoms with Crippen molar-refractivity contribution < 1.29 is 19.1 Å². The standard InChI is InChI=1S/C25H20N6O4/c1-2-35-19(32)13-29-14-26-20-21(29)27-25(31-12-16-8-4-6-10-18(16)24(31)34)28-22(20)30-11-15-7-3-5-9-17(15)23(30)33/h3-10,14H,2,11-13H2,1H3. The van der Waals surface area contributed by atoms with Crippen LogP contribution in [0, 0.1) is 0 Å². The molecule has 2 amide bonds. The fourth-order valence-electron chi connectivity index (χ4n) is 4.53. The van der Waals surface area contributed by atoms with Crippen molar-refractivity contribution in [3.63, 3.8) is 0 Å². The Kier molecular flexibility index (Phi) is 4.80. The van der Waals surface area contributed by atoms with Crippen LogP contribution in [0.4, 0.5) is 11.8 Å². The summed E-state index contributed by atoms with van der Waals surface area (Å²) in [5.41, 5.74) is 3.63. The van der Waals surface area contributed by atoms with Gasteiger partial charge in [-0.05, 0) is 30.2 Å². The third-order valence-corrected chi connectivity index (χ3v) is 6.18. The van der Waals surface area contributed by atoms with Crippen molar-refractivity contribution in [2.45, 2.75) is 26.6 Å². The maximum absolute atomic E-state index is 13.3. The maximum atomic E-state index is 13.3. The van der Waals surface area contributed by atoms with Crippen LogP contribution in [0.25, 0.3) is 11.2 Å². The van der Waals surface area contributed by atoms with Crippen molar-refractivity contribution in [3.8, 4) is 0 Å². The molecule has 10 nitrogen and oxygen atoms in total. The number of nitrogens with zero attached hydrogens (tertiary/aromatic N) is 6. The molecular formula is C25H20N6O4. The quantitative estimate of drug-likeness (QED) is 0.414. The Bertz CT molecular complexity index is 1530. The number of benzene rings is 2. The molecule has 0 saturated heterocycles. The highest BCUT2D eigenvalue weighted by atomic mass is 16.5. The van der Waals surface area contributed by atoms with E-state index in [-0.39, 0.29) is 36.7 Å². The molecule has 0 saturated carbocycles. The lowest BCUT2D eigenvalue weighted by Gasteiger charge is -2.19. The SMILES string of the molecule is CCOC(=O)Cn1cnc2c(N3Cc4ccccc4C3=O)nc(N3Cc4ccccc4C3=O)nc21. The van der Waals surface area contributed by atoms with Crippen molar-refractivity contribution in [1.82, 2.24) is 19.5 Å². The third-order valence-electron chi connectivity index (χ3n) is 6.18. The van der Waals surface area contributed by atoms with E-state index >= 15 is 0 Å². The highest BCUT2D eigenvalue weighted by Gasteiger charge is 2.35. The molecule has 0 fully saturated rings. The number of hydrogen-bond donors (Lipinski definition) is 0. The number of carbonyl (C=O) groups excluding carboxylic acids is 3. The highest BCUT2D eigenvalue weighted by molar-refractivity contribution is 6.13. The van der Waals surface area contributed by atoms with Crippen LogP contribution in [-0.2, 0) is 29.2 Å². The minimum Gasteiger partial charge on any atom is -0.465 e. The molecule has 174 valence electrons. The summed E-state index contributed by atoms with van der Waals surface area (Å²) < 4.78 is 6.63. The van der Waals surface area contributed by atoms with Gasteiger partial charge >= 0.3 is 5.97 Å². The monoisotopic (exact) mass is 468 g/mol. The summed E-state index contributed by atoms with van der Waals surface area (Å²) >= 11 is 0. The summed E-state index contributed by atoms with van der Waals surface area (Å²) in [6.45, 7) is 2.50. The first-order valence-corrected chi connectivity index (χ1v) is 11.2. The molecule has 0 N–H and O–H groups in total. The van der Waals surface area contributed by atoms with E-state index in [4.69, 9.17) is 4.74 Å². The van der Waals surface area contributed by atoms with E-state index < -0.39 is 5.97 Å². The van der Waals surface area contributed by atoms with Gasteiger partial charge in [0.25, 0.3) is 11.8 Å². The van der Waals surface area contributed by atoms with Crippen LogP contribution in [-0.4, -0.2) is 43.9 Å². The molecular weight excluding hydrogens is 448 g/mol. The van der Waals surface area contributed by atoms with E-state index in [9.17, 15) is 14.4 Å². The van der Waals surface area contributed by atoms with Gasteiger partial charge in [0, 0.05) is 11.1 Å². The van der Waals surface area contributed by atoms with E-state index in [1.165, 1.54) is 16.1 Å². The van der Waals surface area contributed by atoms with E-state index in [1.54, 1.807) is 23.6 Å². The molecule has 0 unspecified atom stereocenters. The van der Waals surface area contributed by atoms with E-state index in [2.05, 4.69) is 15.0 Å². The fourth-order valence-corrected chi connectivity index (χ4v) is 4.53. The summed E-state index contributed by atoms with van der Waals surface area (Å²) in [5, 5.41) is 0. The second kappa shape index (κ2) is 8.01. The number of anilines is 2. The second-order valence-electron chi connectivity index (χ2n) is 8.29. The largest absolute Gasteiger partial charge is 0.465 e. The lowest BCUT2D eigenvalue weighted by molar-refractivity contribution is -0.143. The molecule has 0 bridgehead atoms. The Balaban J connectivity index is 1.48. The van der Waals surface area contributed by atoms with Crippen molar-refractivity contribution in [2.75, 3.05) is 16.4 Å². The van der Waals surface area contributed by atoms with Gasteiger partial charge in [0.1, 0.15) is 6.54 Å². The molecule has 2 aromatic carbocycles. The zero-order valence-corrected chi connectivity index (χ0v) is 18.8. The summed E-state index contributed by atoms with van der Waals surface area (Å²) in [7, 11) is 0. The molecule has 6 rings (SSSR count). The van der Waals surface area contributed by atoms with E-state index in [1.807, 2.05) is 36.4 Å². The first-order valence-electron chi connectivity index (χ1n) is 11.2. The Morgan fingerprint density at radius 1 is 0.914 bits per heavy atom. The fraction of sp³-hybridized carbons (Fsp3) is 0.200. The zero-order chi connectivity index (χ0) is 24.1. The van der Waals surface area contributed by atoms with Gasteiger partial charge in [-0.2, -0.15) is 9.97 Å². The number of esters is 1. The average Bonchev–Trinajstić information content (AvgIpc) is 3.53. The number of fused-ring (bicyclic) bond motifs is 3. The molecule has 2 aliphatic heterocycles. The number of imidazole rings is 1. The molecule has 0 atom stereocenters. The minimum absolute atomic E-state index is 0.109. The van der Waals surface area contributed by atoms with Crippen LogP contribution in [0.15, 0.2) is 54.9 Å². The van der Waals surface area contributed by atoms with Crippen molar-refractivity contribution in [1.29, 1.82) is 0 Å². The lowest BCUT2D eigenvalue weighted by atomic mass is 10.1. The van der Waals surface area contributed by atoms with Crippen LogP contribution in [0.2, 0.25) is 0 Å². The predicted molar refractivity (Wildman–Crippen MR) is 126 cm³/mol. The molecule has 35 heavy (non-hydrogen) atoms. The highest BCUT2D eigenvalue weighted by Crippen LogP contribution is 2.34. The number of hydrogen-bond acceptors (Lipinski definition) is 7. The number of rotatable bonds is 5. The number of ether oxygens (including phenoxy) is 1. The van der Waals surface area contributed by atoms with Crippen LogP contribution in [0.5, 0.6) is 0 Å². The second-order valence-corrected chi connectivity index (χ2v) is 8.29. The first-order chi connectivity index (χ1) is 17.0. The van der Waals surface area contributed by atoms with Gasteiger partial charge in [-0.25, -0.2) is 4.98 Å². The first kappa shape index (κ1) is 21.0. The maximum Gasteiger partial charge on any atom is 0.326 e. The normalized spacial score (nSPS) is 14.5. The van der Waals surface area contributed by atoms with Gasteiger partial charge in [0.05, 0.1) is 26.0 Å². The van der Waals surface area contributed by atoms with E-state index in [0.29, 0.717) is 35.4 Å². The third kappa shape index (κ3) is 3.33. The number of aromatic nitrogens is 4. The van der Waals surface area contributed by atoms with Crippen molar-refractivity contribution in [2.24, 2.45) is 0 Å². The summed E-state index contributed by atoms with van der Waals surface area (Å²) in [5.74, 6) is -0.440. The molecule has 0 spiro atoms. The van der Waals surface area contributed by atoms with Gasteiger partial charge < -0.3 is 9.30 Å².